The molecule has 1 aliphatic heterocycles. The third kappa shape index (κ3) is 7.18. The van der Waals surface area contributed by atoms with Gasteiger partial charge in [0.05, 0.1) is 31.9 Å². The molecule has 3 nitrogen and oxygen atoms in total. The second-order valence-electron chi connectivity index (χ2n) is 9.70. The SMILES string of the molecule is CC/C(=C\c1cc(F)c([C@@H]2c3ccc(C(=O)OC)cc3C[C@@H](C)N2CC(F)(F)F)c(F)c1)CCCCCF. The number of benzene rings is 2. The summed E-state index contributed by atoms with van der Waals surface area (Å²) in [6.07, 6.45) is 0.491. The van der Waals surface area contributed by atoms with Crippen LogP contribution in [0, 0.1) is 11.6 Å². The lowest BCUT2D eigenvalue weighted by atomic mass is 9.83. The van der Waals surface area contributed by atoms with E-state index >= 15 is 8.78 Å². The van der Waals surface area contributed by atoms with Gasteiger partial charge in [0.1, 0.15) is 11.6 Å². The van der Waals surface area contributed by atoms with Crippen molar-refractivity contribution < 1.29 is 35.9 Å². The fourth-order valence-corrected chi connectivity index (χ4v) is 5.10. The predicted octanol–water partition coefficient (Wildman–Crippen LogP) is 7.97. The van der Waals surface area contributed by atoms with Gasteiger partial charge in [-0.3, -0.25) is 9.29 Å². The van der Waals surface area contributed by atoms with Crippen LogP contribution in [0.4, 0.5) is 26.3 Å². The van der Waals surface area contributed by atoms with Crippen molar-refractivity contribution in [3.05, 3.63) is 75.4 Å². The highest BCUT2D eigenvalue weighted by Gasteiger charge is 2.42. The zero-order valence-corrected chi connectivity index (χ0v) is 21.8. The molecule has 2 aromatic carbocycles. The van der Waals surface area contributed by atoms with Crippen molar-refractivity contribution in [2.75, 3.05) is 20.3 Å². The van der Waals surface area contributed by atoms with Crippen LogP contribution in [-0.4, -0.2) is 43.4 Å². The highest BCUT2D eigenvalue weighted by molar-refractivity contribution is 5.89. The number of carbonyl (C=O) groups is 1. The lowest BCUT2D eigenvalue weighted by Gasteiger charge is -2.42. The van der Waals surface area contributed by atoms with Gasteiger partial charge in [-0.1, -0.05) is 31.1 Å². The number of alkyl halides is 4. The average Bonchev–Trinajstić information content (AvgIpc) is 2.85. The van der Waals surface area contributed by atoms with Crippen molar-refractivity contribution >= 4 is 12.0 Å². The molecule has 2 atom stereocenters. The zero-order valence-electron chi connectivity index (χ0n) is 21.8. The molecule has 0 unspecified atom stereocenters. The van der Waals surface area contributed by atoms with Crippen molar-refractivity contribution in [2.45, 2.75) is 70.6 Å². The highest BCUT2D eigenvalue weighted by Crippen LogP contribution is 2.42. The molecule has 1 aliphatic rings. The summed E-state index contributed by atoms with van der Waals surface area (Å²) in [5.74, 6) is -2.50. The minimum Gasteiger partial charge on any atom is -0.465 e. The molecule has 1 heterocycles. The average molecular weight is 542 g/mol. The molecule has 0 aromatic heterocycles. The van der Waals surface area contributed by atoms with Gasteiger partial charge >= 0.3 is 12.1 Å². The Morgan fingerprint density at radius 2 is 1.79 bits per heavy atom. The number of fused-ring (bicyclic) bond motifs is 1. The molecular weight excluding hydrogens is 508 g/mol. The number of esters is 1. The van der Waals surface area contributed by atoms with Crippen molar-refractivity contribution in [2.24, 2.45) is 0 Å². The maximum atomic E-state index is 15.6. The molecular formula is C29H33F6NO2. The number of rotatable bonds is 10. The predicted molar refractivity (Wildman–Crippen MR) is 135 cm³/mol. The first-order chi connectivity index (χ1) is 18.0. The van der Waals surface area contributed by atoms with Crippen LogP contribution in [0.15, 0.2) is 35.9 Å². The van der Waals surface area contributed by atoms with Gasteiger partial charge in [0, 0.05) is 11.6 Å². The van der Waals surface area contributed by atoms with E-state index in [1.54, 1.807) is 13.0 Å². The molecule has 38 heavy (non-hydrogen) atoms. The van der Waals surface area contributed by atoms with Gasteiger partial charge in [0.25, 0.3) is 0 Å². The monoisotopic (exact) mass is 541 g/mol. The number of halogens is 6. The number of methoxy groups -OCH3 is 1. The second kappa shape index (κ2) is 12.8. The summed E-state index contributed by atoms with van der Waals surface area (Å²) in [5.41, 5.74) is 1.81. The molecule has 0 spiro atoms. The summed E-state index contributed by atoms with van der Waals surface area (Å²) < 4.78 is 89.0. The Labute approximate surface area is 219 Å². The van der Waals surface area contributed by atoms with Crippen LogP contribution in [0.5, 0.6) is 0 Å². The van der Waals surface area contributed by atoms with Crippen LogP contribution in [-0.2, 0) is 11.2 Å². The number of ether oxygens (including phenoxy) is 1. The molecule has 208 valence electrons. The minimum absolute atomic E-state index is 0.166. The minimum atomic E-state index is -4.59. The highest BCUT2D eigenvalue weighted by atomic mass is 19.4. The van der Waals surface area contributed by atoms with E-state index in [1.807, 2.05) is 6.92 Å². The summed E-state index contributed by atoms with van der Waals surface area (Å²) in [6, 6.07) is 4.58. The number of hydrogen-bond acceptors (Lipinski definition) is 3. The molecule has 2 aromatic rings. The number of allylic oxidation sites excluding steroid dienone is 1. The van der Waals surface area contributed by atoms with Gasteiger partial charge in [-0.2, -0.15) is 13.2 Å². The molecule has 9 heteroatoms. The molecule has 0 saturated carbocycles. The fourth-order valence-electron chi connectivity index (χ4n) is 5.10. The molecule has 0 bridgehead atoms. The van der Waals surface area contributed by atoms with Gasteiger partial charge in [-0.05, 0) is 80.0 Å². The van der Waals surface area contributed by atoms with Crippen LogP contribution in [0.1, 0.15) is 84.6 Å². The summed E-state index contributed by atoms with van der Waals surface area (Å²) in [4.78, 5) is 13.1. The summed E-state index contributed by atoms with van der Waals surface area (Å²) in [7, 11) is 1.22. The Morgan fingerprint density at radius 1 is 1.11 bits per heavy atom. The number of hydrogen-bond donors (Lipinski definition) is 0. The smallest absolute Gasteiger partial charge is 0.401 e. The van der Waals surface area contributed by atoms with Crippen LogP contribution >= 0.6 is 0 Å². The third-order valence-corrected chi connectivity index (χ3v) is 6.96. The lowest BCUT2D eigenvalue weighted by Crippen LogP contribution is -2.47. The Balaban J connectivity index is 2.07. The maximum Gasteiger partial charge on any atom is 0.401 e. The third-order valence-electron chi connectivity index (χ3n) is 6.96. The Bertz CT molecular complexity index is 1140. The fraction of sp³-hybridized carbons (Fsp3) is 0.483. The zero-order chi connectivity index (χ0) is 28.0. The Hall–Kier alpha value is -2.81. The quantitative estimate of drug-likeness (QED) is 0.174. The van der Waals surface area contributed by atoms with Gasteiger partial charge in [-0.15, -0.1) is 0 Å². The second-order valence-corrected chi connectivity index (χ2v) is 9.70. The number of unbranched alkanes of at least 4 members (excludes halogenated alkanes) is 2. The lowest BCUT2D eigenvalue weighted by molar-refractivity contribution is -0.155. The van der Waals surface area contributed by atoms with Crippen LogP contribution in [0.2, 0.25) is 0 Å². The van der Waals surface area contributed by atoms with E-state index in [1.165, 1.54) is 25.3 Å². The standard InChI is InChI=1S/C29H33F6NO2/c1-4-19(8-6-5-7-11-30)13-20-14-24(31)26(25(32)15-20)27-23-10-9-21(28(37)38-3)16-22(23)12-18(2)36(27)17-29(33,34)35/h9-10,13-16,18,27H,4-8,11-12,17H2,1-3H3/b19-13+/t18-,27+/m1/s1. The first-order valence-electron chi connectivity index (χ1n) is 12.8. The van der Waals surface area contributed by atoms with E-state index < -0.39 is 48.0 Å². The van der Waals surface area contributed by atoms with E-state index in [0.29, 0.717) is 36.8 Å². The van der Waals surface area contributed by atoms with Crippen LogP contribution < -0.4 is 0 Å². The molecule has 0 amide bonds. The topological polar surface area (TPSA) is 29.5 Å². The van der Waals surface area contributed by atoms with Crippen LogP contribution in [0.3, 0.4) is 0 Å². The number of carbonyl (C=O) groups excluding carboxylic acids is 1. The molecule has 0 saturated heterocycles. The van der Waals surface area contributed by atoms with E-state index in [0.717, 1.165) is 29.0 Å². The van der Waals surface area contributed by atoms with Crippen LogP contribution in [0.25, 0.3) is 6.08 Å². The summed E-state index contributed by atoms with van der Waals surface area (Å²) in [6.45, 7) is 1.74. The van der Waals surface area contributed by atoms with E-state index in [9.17, 15) is 22.4 Å². The van der Waals surface area contributed by atoms with E-state index in [4.69, 9.17) is 4.74 Å². The van der Waals surface area contributed by atoms with Gasteiger partial charge in [0.2, 0.25) is 0 Å². The van der Waals surface area contributed by atoms with Crippen molar-refractivity contribution in [1.29, 1.82) is 0 Å². The summed E-state index contributed by atoms with van der Waals surface area (Å²) >= 11 is 0. The molecule has 0 aliphatic carbocycles. The maximum absolute atomic E-state index is 15.6. The molecule has 3 rings (SSSR count). The van der Waals surface area contributed by atoms with Gasteiger partial charge in [0.15, 0.2) is 0 Å². The van der Waals surface area contributed by atoms with Crippen molar-refractivity contribution in [1.82, 2.24) is 4.90 Å². The van der Waals surface area contributed by atoms with Gasteiger partial charge < -0.3 is 4.74 Å². The van der Waals surface area contributed by atoms with Crippen molar-refractivity contribution in [3.63, 3.8) is 0 Å². The molecule has 0 radical (unpaired) electrons. The first kappa shape index (κ1) is 29.7. The van der Waals surface area contributed by atoms with Gasteiger partial charge in [-0.25, -0.2) is 13.6 Å². The number of nitrogens with zero attached hydrogens (tertiary/aromatic N) is 1. The Kier molecular flexibility index (Phi) is 10.0. The first-order valence-corrected chi connectivity index (χ1v) is 12.8. The molecule has 0 N–H and O–H groups in total. The van der Waals surface area contributed by atoms with E-state index in [-0.39, 0.29) is 24.2 Å². The summed E-state index contributed by atoms with van der Waals surface area (Å²) in [5, 5.41) is 0. The molecule has 0 fully saturated rings. The normalized spacial score (nSPS) is 18.4. The van der Waals surface area contributed by atoms with Crippen molar-refractivity contribution in [3.8, 4) is 0 Å². The largest absolute Gasteiger partial charge is 0.465 e. The van der Waals surface area contributed by atoms with E-state index in [2.05, 4.69) is 0 Å². The Morgan fingerprint density at radius 3 is 2.37 bits per heavy atom.